The summed E-state index contributed by atoms with van der Waals surface area (Å²) < 4.78 is 26.5. The van der Waals surface area contributed by atoms with E-state index in [9.17, 15) is 23.3 Å². The molecule has 1 aromatic rings. The number of nitro benzene ring substituents is 1. The van der Waals surface area contributed by atoms with Crippen LogP contribution in [0.3, 0.4) is 0 Å². The second-order valence-corrected chi connectivity index (χ2v) is 6.82. The van der Waals surface area contributed by atoms with Crippen molar-refractivity contribution in [2.75, 3.05) is 6.54 Å². The van der Waals surface area contributed by atoms with Crippen molar-refractivity contribution in [3.05, 3.63) is 34.4 Å². The Morgan fingerprint density at radius 2 is 2.00 bits per heavy atom. The molecule has 2 rings (SSSR count). The minimum atomic E-state index is -4.06. The van der Waals surface area contributed by atoms with Crippen molar-refractivity contribution in [3.8, 4) is 0 Å². The summed E-state index contributed by atoms with van der Waals surface area (Å²) in [4.78, 5) is 21.6. The van der Waals surface area contributed by atoms with E-state index in [-0.39, 0.29) is 17.2 Å². The van der Waals surface area contributed by atoms with Crippen molar-refractivity contribution in [1.82, 2.24) is 4.31 Å². The second-order valence-electron chi connectivity index (χ2n) is 4.96. The van der Waals surface area contributed by atoms with Crippen LogP contribution in [-0.2, 0) is 14.8 Å². The molecule has 0 amide bonds. The molecule has 0 aliphatic carbocycles. The Balaban J connectivity index is 2.51. The maximum absolute atomic E-state index is 12.7. The van der Waals surface area contributed by atoms with E-state index in [1.807, 2.05) is 0 Å². The molecule has 8 heteroatoms. The van der Waals surface area contributed by atoms with E-state index in [0.717, 1.165) is 16.8 Å². The fraction of sp³-hybridized carbons (Fsp3) is 0.462. The highest BCUT2D eigenvalue weighted by molar-refractivity contribution is 7.89. The van der Waals surface area contributed by atoms with Crippen LogP contribution in [0, 0.1) is 10.1 Å². The number of carbonyl (C=O) groups excluding carboxylic acids is 1. The third-order valence-corrected chi connectivity index (χ3v) is 5.53. The van der Waals surface area contributed by atoms with E-state index in [1.54, 1.807) is 0 Å². The second kappa shape index (κ2) is 5.90. The van der Waals surface area contributed by atoms with Crippen molar-refractivity contribution >= 4 is 21.5 Å². The van der Waals surface area contributed by atoms with Gasteiger partial charge in [0.25, 0.3) is 15.7 Å². The van der Waals surface area contributed by atoms with E-state index >= 15 is 0 Å². The van der Waals surface area contributed by atoms with E-state index < -0.39 is 26.7 Å². The minimum absolute atomic E-state index is 0.207. The normalized spacial score (nSPS) is 20.1. The molecule has 1 aliphatic heterocycles. The van der Waals surface area contributed by atoms with Gasteiger partial charge in [0.2, 0.25) is 0 Å². The highest BCUT2D eigenvalue weighted by Gasteiger charge is 2.38. The summed E-state index contributed by atoms with van der Waals surface area (Å²) in [6.07, 6.45) is 1.87. The monoisotopic (exact) mass is 312 g/mol. The molecular weight excluding hydrogens is 296 g/mol. The van der Waals surface area contributed by atoms with Gasteiger partial charge in [0.05, 0.1) is 11.0 Å². The van der Waals surface area contributed by atoms with E-state index in [1.165, 1.54) is 25.1 Å². The lowest BCUT2D eigenvalue weighted by molar-refractivity contribution is -0.387. The van der Waals surface area contributed by atoms with Gasteiger partial charge in [0, 0.05) is 12.6 Å². The number of hydrogen-bond donors (Lipinski definition) is 0. The van der Waals surface area contributed by atoms with Crippen molar-refractivity contribution in [2.45, 2.75) is 37.1 Å². The maximum atomic E-state index is 12.7. The number of nitro groups is 1. The van der Waals surface area contributed by atoms with Crippen LogP contribution < -0.4 is 0 Å². The molecule has 0 saturated carbocycles. The minimum Gasteiger partial charge on any atom is -0.298 e. The Bertz CT molecular complexity index is 671. The molecule has 1 heterocycles. The van der Waals surface area contributed by atoms with Gasteiger partial charge in [-0.15, -0.1) is 0 Å². The van der Waals surface area contributed by atoms with Crippen molar-refractivity contribution in [3.63, 3.8) is 0 Å². The number of ketones is 1. The fourth-order valence-electron chi connectivity index (χ4n) is 2.55. The molecule has 114 valence electrons. The highest BCUT2D eigenvalue weighted by Crippen LogP contribution is 2.30. The zero-order chi connectivity index (χ0) is 15.6. The molecule has 1 saturated heterocycles. The van der Waals surface area contributed by atoms with Gasteiger partial charge < -0.3 is 0 Å². The summed E-state index contributed by atoms with van der Waals surface area (Å²) >= 11 is 0. The Morgan fingerprint density at radius 3 is 2.62 bits per heavy atom. The molecule has 0 aromatic heterocycles. The number of benzene rings is 1. The molecule has 1 atom stereocenters. The van der Waals surface area contributed by atoms with E-state index in [2.05, 4.69) is 0 Å². The number of rotatable bonds is 4. The molecule has 0 N–H and O–H groups in total. The molecule has 1 unspecified atom stereocenters. The average Bonchev–Trinajstić information content (AvgIpc) is 2.47. The van der Waals surface area contributed by atoms with Crippen LogP contribution in [0.5, 0.6) is 0 Å². The molecule has 21 heavy (non-hydrogen) atoms. The lowest BCUT2D eigenvalue weighted by Crippen LogP contribution is -2.47. The molecular formula is C13H16N2O5S. The number of piperidine rings is 1. The summed E-state index contributed by atoms with van der Waals surface area (Å²) in [7, 11) is -4.06. The van der Waals surface area contributed by atoms with Gasteiger partial charge in [-0.2, -0.15) is 4.31 Å². The topological polar surface area (TPSA) is 97.6 Å². The van der Waals surface area contributed by atoms with Gasteiger partial charge in [-0.1, -0.05) is 18.6 Å². The van der Waals surface area contributed by atoms with Crippen molar-refractivity contribution < 1.29 is 18.1 Å². The standard InChI is InChI=1S/C13H16N2O5S/c1-10(16)11-6-4-5-9-14(11)21(19,20)13-8-3-2-7-12(13)15(17)18/h2-3,7-8,11H,4-6,9H2,1H3. The Labute approximate surface area is 122 Å². The van der Waals surface area contributed by atoms with Gasteiger partial charge in [-0.05, 0) is 25.8 Å². The van der Waals surface area contributed by atoms with Crippen LogP contribution in [-0.4, -0.2) is 36.0 Å². The number of sulfonamides is 1. The average molecular weight is 312 g/mol. The Hall–Kier alpha value is -1.80. The number of carbonyl (C=O) groups is 1. The number of Topliss-reactive ketones (excluding diaryl/α,β-unsaturated/α-hetero) is 1. The Morgan fingerprint density at radius 1 is 1.33 bits per heavy atom. The molecule has 0 bridgehead atoms. The van der Waals surface area contributed by atoms with Crippen molar-refractivity contribution in [1.29, 1.82) is 0 Å². The predicted octanol–water partition coefficient (Wildman–Crippen LogP) is 1.73. The van der Waals surface area contributed by atoms with Crippen LogP contribution >= 0.6 is 0 Å². The summed E-state index contributed by atoms with van der Waals surface area (Å²) in [6, 6.07) is 4.48. The lowest BCUT2D eigenvalue weighted by atomic mass is 10.0. The first-order valence-electron chi connectivity index (χ1n) is 6.61. The van der Waals surface area contributed by atoms with Gasteiger partial charge in [0.1, 0.15) is 5.78 Å². The molecule has 1 fully saturated rings. The number of para-hydroxylation sites is 1. The van der Waals surface area contributed by atoms with E-state index in [4.69, 9.17) is 0 Å². The summed E-state index contributed by atoms with van der Waals surface area (Å²) in [5, 5.41) is 11.0. The zero-order valence-electron chi connectivity index (χ0n) is 11.6. The first kappa shape index (κ1) is 15.6. The molecule has 0 spiro atoms. The van der Waals surface area contributed by atoms with Crippen LogP contribution in [0.2, 0.25) is 0 Å². The molecule has 1 aromatic carbocycles. The third kappa shape index (κ3) is 2.96. The number of nitrogens with zero attached hydrogens (tertiary/aromatic N) is 2. The molecule has 1 aliphatic rings. The highest BCUT2D eigenvalue weighted by atomic mass is 32.2. The number of hydrogen-bond acceptors (Lipinski definition) is 5. The van der Waals surface area contributed by atoms with Crippen LogP contribution in [0.25, 0.3) is 0 Å². The maximum Gasteiger partial charge on any atom is 0.289 e. The van der Waals surface area contributed by atoms with Crippen molar-refractivity contribution in [2.24, 2.45) is 0 Å². The third-order valence-electron chi connectivity index (χ3n) is 3.57. The quantitative estimate of drug-likeness (QED) is 0.623. The van der Waals surface area contributed by atoms with Gasteiger partial charge in [-0.25, -0.2) is 8.42 Å². The van der Waals surface area contributed by atoms with E-state index in [0.29, 0.717) is 12.8 Å². The summed E-state index contributed by atoms with van der Waals surface area (Å²) in [5.74, 6) is -0.239. The summed E-state index contributed by atoms with van der Waals surface area (Å²) in [6.45, 7) is 1.55. The largest absolute Gasteiger partial charge is 0.298 e. The lowest BCUT2D eigenvalue weighted by Gasteiger charge is -2.32. The first-order valence-corrected chi connectivity index (χ1v) is 8.05. The van der Waals surface area contributed by atoms with Gasteiger partial charge in [0.15, 0.2) is 4.90 Å². The van der Waals surface area contributed by atoms with Crippen LogP contribution in [0.15, 0.2) is 29.2 Å². The first-order chi connectivity index (χ1) is 9.85. The van der Waals surface area contributed by atoms with Gasteiger partial charge in [-0.3, -0.25) is 14.9 Å². The fourth-order valence-corrected chi connectivity index (χ4v) is 4.42. The summed E-state index contributed by atoms with van der Waals surface area (Å²) in [5.41, 5.74) is -0.467. The molecule has 7 nitrogen and oxygen atoms in total. The Kier molecular flexibility index (Phi) is 4.38. The predicted molar refractivity (Wildman–Crippen MR) is 75.3 cm³/mol. The molecule has 0 radical (unpaired) electrons. The van der Waals surface area contributed by atoms with Gasteiger partial charge >= 0.3 is 0 Å². The smallest absolute Gasteiger partial charge is 0.289 e. The van der Waals surface area contributed by atoms with Crippen LogP contribution in [0.4, 0.5) is 5.69 Å². The SMILES string of the molecule is CC(=O)C1CCCCN1S(=O)(=O)c1ccccc1[N+](=O)[O-]. The zero-order valence-corrected chi connectivity index (χ0v) is 12.4. The van der Waals surface area contributed by atoms with Crippen LogP contribution in [0.1, 0.15) is 26.2 Å².